The highest BCUT2D eigenvalue weighted by molar-refractivity contribution is 4.64. The standard InChI is InChI=1S/C8H17NO/c1-5-6-10-9-8(4)7(2)3/h5,7-9H,1,6H2,2-4H3. The van der Waals surface area contributed by atoms with Gasteiger partial charge in [0.05, 0.1) is 6.61 Å². The maximum atomic E-state index is 5.04. The number of rotatable bonds is 5. The van der Waals surface area contributed by atoms with Crippen LogP contribution in [0.4, 0.5) is 0 Å². The van der Waals surface area contributed by atoms with Crippen LogP contribution in [0, 0.1) is 5.92 Å². The molecular formula is C8H17NO. The molecule has 0 saturated carbocycles. The molecule has 0 aromatic carbocycles. The van der Waals surface area contributed by atoms with Crippen molar-refractivity contribution in [1.29, 1.82) is 0 Å². The molecule has 10 heavy (non-hydrogen) atoms. The van der Waals surface area contributed by atoms with E-state index in [4.69, 9.17) is 4.84 Å². The highest BCUT2D eigenvalue weighted by Gasteiger charge is 2.04. The smallest absolute Gasteiger partial charge is 0.0861 e. The average Bonchev–Trinajstić information content (AvgIpc) is 1.88. The predicted molar refractivity (Wildman–Crippen MR) is 43.6 cm³/mol. The van der Waals surface area contributed by atoms with Crippen molar-refractivity contribution >= 4 is 0 Å². The summed E-state index contributed by atoms with van der Waals surface area (Å²) >= 11 is 0. The molecule has 2 heteroatoms. The Bertz CT molecular complexity index is 91.3. The van der Waals surface area contributed by atoms with Gasteiger partial charge in [-0.1, -0.05) is 19.9 Å². The van der Waals surface area contributed by atoms with Crippen LogP contribution >= 0.6 is 0 Å². The zero-order valence-corrected chi connectivity index (χ0v) is 7.05. The van der Waals surface area contributed by atoms with Gasteiger partial charge >= 0.3 is 0 Å². The topological polar surface area (TPSA) is 21.3 Å². The molecule has 0 aliphatic heterocycles. The minimum atomic E-state index is 0.403. The summed E-state index contributed by atoms with van der Waals surface area (Å²) in [5, 5.41) is 0. The molecule has 0 bridgehead atoms. The van der Waals surface area contributed by atoms with Gasteiger partial charge < -0.3 is 0 Å². The summed E-state index contributed by atoms with van der Waals surface area (Å²) in [6.45, 7) is 10.5. The van der Waals surface area contributed by atoms with Crippen LogP contribution < -0.4 is 5.48 Å². The van der Waals surface area contributed by atoms with Crippen LogP contribution in [-0.4, -0.2) is 12.6 Å². The van der Waals surface area contributed by atoms with Gasteiger partial charge in [0.2, 0.25) is 0 Å². The minimum absolute atomic E-state index is 0.403. The van der Waals surface area contributed by atoms with Crippen LogP contribution in [0.3, 0.4) is 0 Å². The van der Waals surface area contributed by atoms with Crippen LogP contribution in [0.25, 0.3) is 0 Å². The Balaban J connectivity index is 3.21. The maximum Gasteiger partial charge on any atom is 0.0861 e. The van der Waals surface area contributed by atoms with Crippen molar-refractivity contribution in [2.45, 2.75) is 26.8 Å². The third kappa shape index (κ3) is 4.53. The van der Waals surface area contributed by atoms with Crippen LogP contribution in [-0.2, 0) is 4.84 Å². The summed E-state index contributed by atoms with van der Waals surface area (Å²) in [7, 11) is 0. The second-order valence-electron chi connectivity index (χ2n) is 2.75. The molecule has 0 aliphatic carbocycles. The van der Waals surface area contributed by atoms with E-state index < -0.39 is 0 Å². The van der Waals surface area contributed by atoms with E-state index in [2.05, 4.69) is 32.8 Å². The monoisotopic (exact) mass is 143 g/mol. The highest BCUT2D eigenvalue weighted by atomic mass is 16.6. The molecule has 1 unspecified atom stereocenters. The number of hydrogen-bond donors (Lipinski definition) is 1. The van der Waals surface area contributed by atoms with Gasteiger partial charge in [-0.3, -0.25) is 4.84 Å². The van der Waals surface area contributed by atoms with Gasteiger partial charge in [-0.15, -0.1) is 6.58 Å². The molecule has 0 fully saturated rings. The molecule has 0 aromatic rings. The molecule has 60 valence electrons. The third-order valence-electron chi connectivity index (χ3n) is 1.47. The number of hydroxylamine groups is 1. The summed E-state index contributed by atoms with van der Waals surface area (Å²) in [5.74, 6) is 0.602. The van der Waals surface area contributed by atoms with Crippen LogP contribution in [0.1, 0.15) is 20.8 Å². The lowest BCUT2D eigenvalue weighted by atomic mass is 10.1. The van der Waals surface area contributed by atoms with Crippen molar-refractivity contribution in [3.63, 3.8) is 0 Å². The van der Waals surface area contributed by atoms with E-state index >= 15 is 0 Å². The molecule has 0 radical (unpaired) electrons. The Kier molecular flexibility index (Phi) is 5.26. The molecule has 0 saturated heterocycles. The fourth-order valence-corrected chi connectivity index (χ4v) is 0.375. The van der Waals surface area contributed by atoms with Crippen molar-refractivity contribution in [3.05, 3.63) is 12.7 Å². The van der Waals surface area contributed by atoms with Crippen LogP contribution in [0.2, 0.25) is 0 Å². The summed E-state index contributed by atoms with van der Waals surface area (Å²) in [5.41, 5.74) is 2.91. The fourth-order valence-electron chi connectivity index (χ4n) is 0.375. The highest BCUT2D eigenvalue weighted by Crippen LogP contribution is 1.98. The zero-order chi connectivity index (χ0) is 7.98. The van der Waals surface area contributed by atoms with Gasteiger partial charge in [-0.05, 0) is 12.8 Å². The number of hydrogen-bond acceptors (Lipinski definition) is 2. The quantitative estimate of drug-likeness (QED) is 0.359. The lowest BCUT2D eigenvalue weighted by Gasteiger charge is -2.15. The van der Waals surface area contributed by atoms with Crippen LogP contribution in [0.5, 0.6) is 0 Å². The maximum absolute atomic E-state index is 5.04. The SMILES string of the molecule is C=CCONC(C)C(C)C. The summed E-state index contributed by atoms with van der Waals surface area (Å²) in [6.07, 6.45) is 1.72. The van der Waals surface area contributed by atoms with Crippen molar-refractivity contribution in [3.8, 4) is 0 Å². The minimum Gasteiger partial charge on any atom is -0.297 e. The van der Waals surface area contributed by atoms with Gasteiger partial charge in [0.1, 0.15) is 0 Å². The fraction of sp³-hybridized carbons (Fsp3) is 0.750. The molecule has 0 heterocycles. The van der Waals surface area contributed by atoms with Gasteiger partial charge in [0.25, 0.3) is 0 Å². The molecule has 0 rings (SSSR count). The first kappa shape index (κ1) is 9.66. The van der Waals surface area contributed by atoms with E-state index in [1.807, 2.05) is 0 Å². The Labute approximate surface area is 63.2 Å². The lowest BCUT2D eigenvalue weighted by Crippen LogP contribution is -2.30. The van der Waals surface area contributed by atoms with Crippen molar-refractivity contribution < 1.29 is 4.84 Å². The molecule has 0 aromatic heterocycles. The van der Waals surface area contributed by atoms with Crippen molar-refractivity contribution in [1.82, 2.24) is 5.48 Å². The first-order chi connectivity index (χ1) is 4.68. The van der Waals surface area contributed by atoms with E-state index in [9.17, 15) is 0 Å². The molecular weight excluding hydrogens is 126 g/mol. The third-order valence-corrected chi connectivity index (χ3v) is 1.47. The Morgan fingerprint density at radius 2 is 2.10 bits per heavy atom. The molecule has 0 spiro atoms. The van der Waals surface area contributed by atoms with Crippen molar-refractivity contribution in [2.75, 3.05) is 6.61 Å². The average molecular weight is 143 g/mol. The molecule has 1 N–H and O–H groups in total. The summed E-state index contributed by atoms with van der Waals surface area (Å²) in [6, 6.07) is 0.403. The van der Waals surface area contributed by atoms with E-state index in [1.54, 1.807) is 6.08 Å². The summed E-state index contributed by atoms with van der Waals surface area (Å²) < 4.78 is 0. The van der Waals surface area contributed by atoms with Crippen molar-refractivity contribution in [2.24, 2.45) is 5.92 Å². The zero-order valence-electron chi connectivity index (χ0n) is 7.05. The molecule has 0 aliphatic rings. The van der Waals surface area contributed by atoms with E-state index in [-0.39, 0.29) is 0 Å². The van der Waals surface area contributed by atoms with Gasteiger partial charge in [-0.2, -0.15) is 5.48 Å². The molecule has 1 atom stereocenters. The van der Waals surface area contributed by atoms with Crippen LogP contribution in [0.15, 0.2) is 12.7 Å². The summed E-state index contributed by atoms with van der Waals surface area (Å²) in [4.78, 5) is 5.04. The molecule has 2 nitrogen and oxygen atoms in total. The second-order valence-corrected chi connectivity index (χ2v) is 2.75. The second kappa shape index (κ2) is 5.45. The van der Waals surface area contributed by atoms with Gasteiger partial charge in [-0.25, -0.2) is 0 Å². The molecule has 0 amide bonds. The van der Waals surface area contributed by atoms with E-state index in [0.717, 1.165) is 0 Å². The van der Waals surface area contributed by atoms with E-state index in [0.29, 0.717) is 18.6 Å². The first-order valence-electron chi connectivity index (χ1n) is 3.66. The Morgan fingerprint density at radius 1 is 1.50 bits per heavy atom. The first-order valence-corrected chi connectivity index (χ1v) is 3.66. The predicted octanol–water partition coefficient (Wildman–Crippen LogP) is 1.74. The van der Waals surface area contributed by atoms with Gasteiger partial charge in [0.15, 0.2) is 0 Å². The van der Waals surface area contributed by atoms with E-state index in [1.165, 1.54) is 0 Å². The van der Waals surface area contributed by atoms with Gasteiger partial charge in [0, 0.05) is 6.04 Å². The normalized spacial score (nSPS) is 13.6. The number of nitrogens with one attached hydrogen (secondary N) is 1. The Hall–Kier alpha value is -0.340. The Morgan fingerprint density at radius 3 is 2.50 bits per heavy atom. The lowest BCUT2D eigenvalue weighted by molar-refractivity contribution is 0.0279. The largest absolute Gasteiger partial charge is 0.297 e.